The van der Waals surface area contributed by atoms with Crippen molar-refractivity contribution < 1.29 is 4.92 Å². The number of aromatic nitrogens is 5. The Labute approximate surface area is 106 Å². The molecule has 0 spiro atoms. The lowest BCUT2D eigenvalue weighted by atomic mass is 10.5. The first-order valence-electron chi connectivity index (χ1n) is 4.83. The zero-order valence-electron chi connectivity index (χ0n) is 9.56. The maximum Gasteiger partial charge on any atom is 0.320 e. The van der Waals surface area contributed by atoms with Crippen LogP contribution >= 0.6 is 11.8 Å². The van der Waals surface area contributed by atoms with Gasteiger partial charge in [-0.25, -0.2) is 14.6 Å². The van der Waals surface area contributed by atoms with Crippen molar-refractivity contribution in [3.63, 3.8) is 0 Å². The summed E-state index contributed by atoms with van der Waals surface area (Å²) in [6.07, 6.45) is 2.53. The SMILES string of the molecule is CNc1ncc([N+](=O)[O-])c(Sc2ncnn2C)n1. The van der Waals surface area contributed by atoms with Crippen molar-refractivity contribution in [3.8, 4) is 0 Å². The third kappa shape index (κ3) is 2.37. The minimum Gasteiger partial charge on any atom is -0.357 e. The lowest BCUT2D eigenvalue weighted by molar-refractivity contribution is -0.388. The molecule has 0 aliphatic heterocycles. The Morgan fingerprint density at radius 1 is 1.50 bits per heavy atom. The van der Waals surface area contributed by atoms with Gasteiger partial charge in [0, 0.05) is 14.1 Å². The number of nitrogens with zero attached hydrogens (tertiary/aromatic N) is 6. The maximum atomic E-state index is 10.9. The summed E-state index contributed by atoms with van der Waals surface area (Å²) in [7, 11) is 3.33. The van der Waals surface area contributed by atoms with Crippen LogP contribution in [0.15, 0.2) is 22.7 Å². The predicted molar refractivity (Wildman–Crippen MR) is 63.4 cm³/mol. The molecule has 0 aliphatic carbocycles. The third-order valence-electron chi connectivity index (χ3n) is 2.01. The first-order chi connectivity index (χ1) is 8.61. The molecule has 0 aromatic carbocycles. The van der Waals surface area contributed by atoms with Gasteiger partial charge in [0.2, 0.25) is 5.95 Å². The number of aryl methyl sites for hydroxylation is 1. The average molecular weight is 267 g/mol. The lowest BCUT2D eigenvalue weighted by Crippen LogP contribution is -2.02. The average Bonchev–Trinajstić information content (AvgIpc) is 2.74. The number of hydrogen-bond donors (Lipinski definition) is 1. The van der Waals surface area contributed by atoms with Crippen LogP contribution in [0, 0.1) is 10.1 Å². The standard InChI is InChI=1S/C8H9N7O2S/c1-9-7-10-3-5(15(16)17)6(13-7)18-8-11-4-12-14(8)2/h3-4H,1-2H3,(H,9,10,13). The molecule has 2 heterocycles. The Morgan fingerprint density at radius 2 is 2.28 bits per heavy atom. The molecule has 0 atom stereocenters. The van der Waals surface area contributed by atoms with E-state index >= 15 is 0 Å². The van der Waals surface area contributed by atoms with Crippen molar-refractivity contribution >= 4 is 23.4 Å². The number of rotatable bonds is 4. The molecule has 18 heavy (non-hydrogen) atoms. The Morgan fingerprint density at radius 3 is 2.83 bits per heavy atom. The molecule has 9 nitrogen and oxygen atoms in total. The second-order valence-electron chi connectivity index (χ2n) is 3.16. The van der Waals surface area contributed by atoms with Crippen molar-refractivity contribution in [2.75, 3.05) is 12.4 Å². The van der Waals surface area contributed by atoms with E-state index in [1.54, 1.807) is 14.1 Å². The van der Waals surface area contributed by atoms with Crippen molar-refractivity contribution in [3.05, 3.63) is 22.6 Å². The van der Waals surface area contributed by atoms with Crippen molar-refractivity contribution in [2.24, 2.45) is 7.05 Å². The second kappa shape index (κ2) is 4.96. The molecule has 2 aromatic rings. The van der Waals surface area contributed by atoms with Gasteiger partial charge in [-0.05, 0) is 11.8 Å². The minimum absolute atomic E-state index is 0.165. The Kier molecular flexibility index (Phi) is 3.37. The minimum atomic E-state index is -0.530. The van der Waals surface area contributed by atoms with Gasteiger partial charge in [0.25, 0.3) is 0 Å². The molecule has 94 valence electrons. The van der Waals surface area contributed by atoms with Crippen LogP contribution in [-0.4, -0.2) is 36.7 Å². The molecule has 1 N–H and O–H groups in total. The van der Waals surface area contributed by atoms with E-state index in [9.17, 15) is 10.1 Å². The molecular formula is C8H9N7O2S. The highest BCUT2D eigenvalue weighted by molar-refractivity contribution is 7.99. The molecule has 2 rings (SSSR count). The molecule has 2 aromatic heterocycles. The number of nitro groups is 1. The van der Waals surface area contributed by atoms with Gasteiger partial charge in [-0.3, -0.25) is 10.1 Å². The maximum absolute atomic E-state index is 10.9. The van der Waals surface area contributed by atoms with E-state index in [-0.39, 0.29) is 10.7 Å². The molecule has 0 amide bonds. The van der Waals surface area contributed by atoms with E-state index in [2.05, 4.69) is 25.4 Å². The second-order valence-corrected chi connectivity index (χ2v) is 4.12. The van der Waals surface area contributed by atoms with E-state index in [1.165, 1.54) is 11.0 Å². The summed E-state index contributed by atoms with van der Waals surface area (Å²) in [5.41, 5.74) is -0.165. The summed E-state index contributed by atoms with van der Waals surface area (Å²) < 4.78 is 1.51. The van der Waals surface area contributed by atoms with Gasteiger partial charge in [-0.1, -0.05) is 0 Å². The van der Waals surface area contributed by atoms with Crippen LogP contribution in [0.25, 0.3) is 0 Å². The summed E-state index contributed by atoms with van der Waals surface area (Å²) in [5.74, 6) is 0.310. The highest BCUT2D eigenvalue weighted by Gasteiger charge is 2.20. The first kappa shape index (κ1) is 12.2. The quantitative estimate of drug-likeness (QED) is 0.489. The largest absolute Gasteiger partial charge is 0.357 e. The first-order valence-corrected chi connectivity index (χ1v) is 5.64. The van der Waals surface area contributed by atoms with Gasteiger partial charge in [0.05, 0.1) is 4.92 Å². The molecule has 0 radical (unpaired) electrons. The fourth-order valence-corrected chi connectivity index (χ4v) is 1.96. The van der Waals surface area contributed by atoms with E-state index in [0.717, 1.165) is 18.0 Å². The van der Waals surface area contributed by atoms with Crippen molar-refractivity contribution in [1.29, 1.82) is 0 Å². The van der Waals surface area contributed by atoms with Crippen LogP contribution in [0.2, 0.25) is 0 Å². The molecule has 0 fully saturated rings. The Hall–Kier alpha value is -2.23. The van der Waals surface area contributed by atoms with E-state index < -0.39 is 4.92 Å². The molecule has 10 heteroatoms. The van der Waals surface area contributed by atoms with Gasteiger partial charge < -0.3 is 5.32 Å². The van der Waals surface area contributed by atoms with Crippen molar-refractivity contribution in [1.82, 2.24) is 24.7 Å². The summed E-state index contributed by atoms with van der Waals surface area (Å²) in [6.45, 7) is 0. The predicted octanol–water partition coefficient (Wildman–Crippen LogP) is 0.706. The molecule has 0 saturated carbocycles. The van der Waals surface area contributed by atoms with Gasteiger partial charge >= 0.3 is 5.69 Å². The van der Waals surface area contributed by atoms with Crippen LogP contribution in [0.5, 0.6) is 0 Å². The van der Waals surface area contributed by atoms with Gasteiger partial charge in [0.15, 0.2) is 10.2 Å². The number of hydrogen-bond acceptors (Lipinski definition) is 8. The van der Waals surface area contributed by atoms with Crippen LogP contribution in [0.4, 0.5) is 11.6 Å². The number of nitrogens with one attached hydrogen (secondary N) is 1. The van der Waals surface area contributed by atoms with Crippen LogP contribution in [0.1, 0.15) is 0 Å². The molecule has 0 unspecified atom stereocenters. The highest BCUT2D eigenvalue weighted by atomic mass is 32.2. The highest BCUT2D eigenvalue weighted by Crippen LogP contribution is 2.31. The van der Waals surface area contributed by atoms with E-state index in [1.807, 2.05) is 0 Å². The van der Waals surface area contributed by atoms with Gasteiger partial charge in [-0.15, -0.1) is 0 Å². The molecule has 0 bridgehead atoms. The fraction of sp³-hybridized carbons (Fsp3) is 0.250. The van der Waals surface area contributed by atoms with E-state index in [0.29, 0.717) is 11.1 Å². The Bertz CT molecular complexity index is 585. The summed E-state index contributed by atoms with van der Waals surface area (Å²) in [6, 6.07) is 0. The third-order valence-corrected chi connectivity index (χ3v) is 3.06. The molecule has 0 saturated heterocycles. The normalized spacial score (nSPS) is 10.3. The van der Waals surface area contributed by atoms with Gasteiger partial charge in [0.1, 0.15) is 12.5 Å². The van der Waals surface area contributed by atoms with Crippen LogP contribution < -0.4 is 5.32 Å². The fourth-order valence-electron chi connectivity index (χ4n) is 1.15. The Balaban J connectivity index is 2.41. The number of anilines is 1. The smallest absolute Gasteiger partial charge is 0.320 e. The monoisotopic (exact) mass is 267 g/mol. The van der Waals surface area contributed by atoms with E-state index in [4.69, 9.17) is 0 Å². The summed E-state index contributed by atoms with van der Waals surface area (Å²) in [4.78, 5) is 22.2. The van der Waals surface area contributed by atoms with Crippen molar-refractivity contribution in [2.45, 2.75) is 10.2 Å². The lowest BCUT2D eigenvalue weighted by Gasteiger charge is -2.03. The molecular weight excluding hydrogens is 258 g/mol. The molecule has 0 aliphatic rings. The summed E-state index contributed by atoms with van der Waals surface area (Å²) in [5, 5.41) is 18.2. The zero-order valence-corrected chi connectivity index (χ0v) is 10.4. The zero-order chi connectivity index (χ0) is 13.1. The van der Waals surface area contributed by atoms with Gasteiger partial charge in [-0.2, -0.15) is 10.1 Å². The summed E-state index contributed by atoms with van der Waals surface area (Å²) >= 11 is 1.06. The van der Waals surface area contributed by atoms with Crippen LogP contribution in [-0.2, 0) is 7.05 Å². The van der Waals surface area contributed by atoms with Crippen LogP contribution in [0.3, 0.4) is 0 Å². The topological polar surface area (TPSA) is 112 Å².